The van der Waals surface area contributed by atoms with Gasteiger partial charge >= 0.3 is 0 Å². The van der Waals surface area contributed by atoms with Gasteiger partial charge in [-0.3, -0.25) is 4.98 Å². The molecule has 0 spiro atoms. The van der Waals surface area contributed by atoms with Crippen LogP contribution in [-0.4, -0.2) is 19.7 Å². The second-order valence-corrected chi connectivity index (χ2v) is 3.54. The van der Waals surface area contributed by atoms with Gasteiger partial charge in [0.15, 0.2) is 0 Å². The lowest BCUT2D eigenvalue weighted by Gasteiger charge is -2.16. The minimum Gasteiger partial charge on any atom is -0.310 e. The van der Waals surface area contributed by atoms with E-state index in [-0.39, 0.29) is 0 Å². The molecule has 3 rings (SSSR count). The Labute approximate surface area is 95.4 Å². The second-order valence-electron chi connectivity index (χ2n) is 3.54. The molecular weight excluding hydrogens is 200 g/mol. The van der Waals surface area contributed by atoms with Crippen LogP contribution in [0.15, 0.2) is 18.3 Å². The summed E-state index contributed by atoms with van der Waals surface area (Å²) in [6.07, 6.45) is 2.63. The number of hydrogen-bond donors (Lipinski definition) is 0. The van der Waals surface area contributed by atoms with E-state index in [0.717, 1.165) is 30.3 Å². The fourth-order valence-electron chi connectivity index (χ4n) is 1.86. The van der Waals surface area contributed by atoms with Crippen LogP contribution in [-0.2, 0) is 13.0 Å². The molecule has 0 N–H and O–H groups in total. The molecule has 4 nitrogen and oxygen atoms in total. The number of pyridine rings is 1. The van der Waals surface area contributed by atoms with Crippen LogP contribution < -0.4 is 0 Å². The summed E-state index contributed by atoms with van der Waals surface area (Å²) >= 11 is 0. The minimum absolute atomic E-state index is 0.803. The van der Waals surface area contributed by atoms with Crippen molar-refractivity contribution in [3.8, 4) is 0 Å². The first kappa shape index (κ1) is 10.8. The Hall–Kier alpha value is -1.71. The monoisotopic (exact) mass is 216 g/mol. The molecular formula is C12H16N4. The third kappa shape index (κ3) is 1.71. The molecule has 4 heteroatoms. The van der Waals surface area contributed by atoms with Crippen molar-refractivity contribution in [2.45, 2.75) is 33.7 Å². The molecule has 1 aliphatic rings. The summed E-state index contributed by atoms with van der Waals surface area (Å²) in [5.41, 5.74) is 2.41. The molecule has 16 heavy (non-hydrogen) atoms. The lowest BCUT2D eigenvalue weighted by Crippen LogP contribution is -2.16. The van der Waals surface area contributed by atoms with E-state index >= 15 is 0 Å². The third-order valence-electron chi connectivity index (χ3n) is 2.65. The molecule has 0 fully saturated rings. The van der Waals surface area contributed by atoms with Gasteiger partial charge in [-0.25, -0.2) is 0 Å². The maximum atomic E-state index is 4.35. The number of aryl methyl sites for hydroxylation is 1. The SMILES string of the molecule is CC.Cc1nnc2n1Cc1cccnc1C2. The average molecular weight is 216 g/mol. The first-order chi connectivity index (χ1) is 7.84. The minimum atomic E-state index is 0.803. The van der Waals surface area contributed by atoms with Crippen molar-refractivity contribution < 1.29 is 0 Å². The van der Waals surface area contributed by atoms with Crippen LogP contribution in [0.5, 0.6) is 0 Å². The Morgan fingerprint density at radius 3 is 2.88 bits per heavy atom. The lowest BCUT2D eigenvalue weighted by atomic mass is 10.1. The van der Waals surface area contributed by atoms with Gasteiger partial charge in [0, 0.05) is 6.20 Å². The van der Waals surface area contributed by atoms with Gasteiger partial charge in [0.25, 0.3) is 0 Å². The Morgan fingerprint density at radius 2 is 2.06 bits per heavy atom. The Balaban J connectivity index is 0.000000457. The predicted molar refractivity (Wildman–Crippen MR) is 62.3 cm³/mol. The number of rotatable bonds is 0. The summed E-state index contributed by atoms with van der Waals surface area (Å²) in [6.45, 7) is 6.84. The van der Waals surface area contributed by atoms with Crippen LogP contribution >= 0.6 is 0 Å². The van der Waals surface area contributed by atoms with Gasteiger partial charge in [-0.1, -0.05) is 19.9 Å². The van der Waals surface area contributed by atoms with Crippen LogP contribution in [0.25, 0.3) is 0 Å². The standard InChI is InChI=1S/C10H10N4.C2H6/c1-7-12-13-10-5-9-8(6-14(7)10)3-2-4-11-9;1-2/h2-4H,5-6H2,1H3;1-2H3. The molecule has 0 amide bonds. The number of aromatic nitrogens is 4. The van der Waals surface area contributed by atoms with Crippen LogP contribution in [0.1, 0.15) is 36.8 Å². The summed E-state index contributed by atoms with van der Waals surface area (Å²) < 4.78 is 2.14. The zero-order valence-corrected chi connectivity index (χ0v) is 9.94. The molecule has 1 aliphatic heterocycles. The Bertz CT molecular complexity index is 488. The topological polar surface area (TPSA) is 43.6 Å². The van der Waals surface area contributed by atoms with Crippen molar-refractivity contribution in [2.24, 2.45) is 0 Å². The van der Waals surface area contributed by atoms with E-state index in [1.165, 1.54) is 5.56 Å². The first-order valence-corrected chi connectivity index (χ1v) is 5.66. The van der Waals surface area contributed by atoms with Crippen LogP contribution in [0.2, 0.25) is 0 Å². The van der Waals surface area contributed by atoms with Crippen molar-refractivity contribution in [2.75, 3.05) is 0 Å². The fourth-order valence-corrected chi connectivity index (χ4v) is 1.86. The highest BCUT2D eigenvalue weighted by molar-refractivity contribution is 5.27. The molecule has 3 heterocycles. The van der Waals surface area contributed by atoms with E-state index in [1.54, 1.807) is 0 Å². The van der Waals surface area contributed by atoms with Crippen molar-refractivity contribution in [3.63, 3.8) is 0 Å². The number of nitrogens with zero attached hydrogens (tertiary/aromatic N) is 4. The smallest absolute Gasteiger partial charge is 0.139 e. The maximum Gasteiger partial charge on any atom is 0.139 e. The normalized spacial score (nSPS) is 12.2. The van der Waals surface area contributed by atoms with E-state index < -0.39 is 0 Å². The van der Waals surface area contributed by atoms with E-state index in [0.29, 0.717) is 0 Å². The molecule has 0 aliphatic carbocycles. The Morgan fingerprint density at radius 1 is 1.25 bits per heavy atom. The number of fused-ring (bicyclic) bond motifs is 2. The highest BCUT2D eigenvalue weighted by Crippen LogP contribution is 2.19. The molecule has 0 unspecified atom stereocenters. The highest BCUT2D eigenvalue weighted by Gasteiger charge is 2.18. The summed E-state index contributed by atoms with van der Waals surface area (Å²) in [7, 11) is 0. The summed E-state index contributed by atoms with van der Waals surface area (Å²) in [4.78, 5) is 4.35. The molecule has 2 aromatic rings. The summed E-state index contributed by atoms with van der Waals surface area (Å²) in [5, 5.41) is 8.19. The van der Waals surface area contributed by atoms with Gasteiger partial charge in [0.1, 0.15) is 11.6 Å². The van der Waals surface area contributed by atoms with Gasteiger partial charge in [-0.15, -0.1) is 10.2 Å². The molecule has 2 aromatic heterocycles. The molecule has 0 radical (unpaired) electrons. The lowest BCUT2D eigenvalue weighted by molar-refractivity contribution is 0.671. The van der Waals surface area contributed by atoms with Gasteiger partial charge in [-0.2, -0.15) is 0 Å². The van der Waals surface area contributed by atoms with Crippen molar-refractivity contribution in [1.29, 1.82) is 0 Å². The van der Waals surface area contributed by atoms with Crippen molar-refractivity contribution >= 4 is 0 Å². The molecule has 84 valence electrons. The van der Waals surface area contributed by atoms with Gasteiger partial charge in [0.05, 0.1) is 18.7 Å². The molecule has 0 aromatic carbocycles. The van der Waals surface area contributed by atoms with Gasteiger partial charge < -0.3 is 4.57 Å². The first-order valence-electron chi connectivity index (χ1n) is 5.66. The molecule has 0 saturated heterocycles. The third-order valence-corrected chi connectivity index (χ3v) is 2.65. The molecule has 0 saturated carbocycles. The van der Waals surface area contributed by atoms with Crippen LogP contribution in [0, 0.1) is 6.92 Å². The van der Waals surface area contributed by atoms with Crippen molar-refractivity contribution in [3.05, 3.63) is 41.2 Å². The fraction of sp³-hybridized carbons (Fsp3) is 0.417. The Kier molecular flexibility index (Phi) is 2.99. The van der Waals surface area contributed by atoms with E-state index in [1.807, 2.05) is 33.0 Å². The zero-order chi connectivity index (χ0) is 11.5. The zero-order valence-electron chi connectivity index (χ0n) is 9.94. The molecule has 0 atom stereocenters. The van der Waals surface area contributed by atoms with Crippen molar-refractivity contribution in [1.82, 2.24) is 19.7 Å². The predicted octanol–water partition coefficient (Wildman–Crippen LogP) is 1.96. The largest absolute Gasteiger partial charge is 0.310 e. The summed E-state index contributed by atoms with van der Waals surface area (Å²) in [5.74, 6) is 2.00. The average Bonchev–Trinajstić information content (AvgIpc) is 2.71. The van der Waals surface area contributed by atoms with E-state index in [4.69, 9.17) is 0 Å². The van der Waals surface area contributed by atoms with Gasteiger partial charge in [-0.05, 0) is 18.6 Å². The second kappa shape index (κ2) is 4.43. The quantitative estimate of drug-likeness (QED) is 0.577. The van der Waals surface area contributed by atoms with Gasteiger partial charge in [0.2, 0.25) is 0 Å². The van der Waals surface area contributed by atoms with Crippen LogP contribution in [0.3, 0.4) is 0 Å². The van der Waals surface area contributed by atoms with E-state index in [2.05, 4.69) is 25.8 Å². The number of hydrogen-bond acceptors (Lipinski definition) is 3. The maximum absolute atomic E-state index is 4.35. The highest BCUT2D eigenvalue weighted by atomic mass is 15.3. The molecule has 0 bridgehead atoms. The summed E-state index contributed by atoms with van der Waals surface area (Å²) in [6, 6.07) is 4.09. The van der Waals surface area contributed by atoms with Crippen LogP contribution in [0.4, 0.5) is 0 Å². The van der Waals surface area contributed by atoms with E-state index in [9.17, 15) is 0 Å².